The van der Waals surface area contributed by atoms with Crippen molar-refractivity contribution in [1.82, 2.24) is 0 Å². The van der Waals surface area contributed by atoms with Gasteiger partial charge in [-0.05, 0) is 12.1 Å². The molecule has 0 aliphatic carbocycles. The number of hydrogen-bond acceptors (Lipinski definition) is 6. The topological polar surface area (TPSA) is 71.1 Å². The third-order valence-corrected chi connectivity index (χ3v) is 2.37. The summed E-state index contributed by atoms with van der Waals surface area (Å²) in [7, 11) is 2.52. The van der Waals surface area contributed by atoms with E-state index >= 15 is 0 Å². The van der Waals surface area contributed by atoms with Crippen LogP contribution in [0.4, 0.5) is 0 Å². The number of esters is 2. The Morgan fingerprint density at radius 3 is 2.21 bits per heavy atom. The van der Waals surface area contributed by atoms with Crippen molar-refractivity contribution in [2.75, 3.05) is 27.4 Å². The summed E-state index contributed by atoms with van der Waals surface area (Å²) < 4.78 is 19.2. The second-order valence-corrected chi connectivity index (χ2v) is 3.73. The van der Waals surface area contributed by atoms with Crippen LogP contribution >= 0.6 is 11.6 Å². The zero-order valence-corrected chi connectivity index (χ0v) is 11.2. The van der Waals surface area contributed by atoms with Crippen molar-refractivity contribution in [2.45, 2.75) is 0 Å². The molecule has 7 heteroatoms. The molecular formula is C12H13ClO6. The molecule has 0 aliphatic rings. The minimum atomic E-state index is -0.531. The highest BCUT2D eigenvalue weighted by Gasteiger charge is 2.09. The molecule has 1 aromatic carbocycles. The van der Waals surface area contributed by atoms with Crippen molar-refractivity contribution in [3.8, 4) is 11.5 Å². The molecule has 0 N–H and O–H groups in total. The second kappa shape index (κ2) is 7.48. The van der Waals surface area contributed by atoms with Crippen LogP contribution in [0, 0.1) is 0 Å². The minimum Gasteiger partial charge on any atom is -0.482 e. The van der Waals surface area contributed by atoms with Gasteiger partial charge in [-0.15, -0.1) is 0 Å². The van der Waals surface area contributed by atoms with Crippen LogP contribution in [0.15, 0.2) is 18.2 Å². The summed E-state index contributed by atoms with van der Waals surface area (Å²) in [6.07, 6.45) is 0. The summed E-state index contributed by atoms with van der Waals surface area (Å²) in [5.41, 5.74) is 0. The number of benzene rings is 1. The second-order valence-electron chi connectivity index (χ2n) is 3.32. The fraction of sp³-hybridized carbons (Fsp3) is 0.333. The fourth-order valence-corrected chi connectivity index (χ4v) is 1.25. The van der Waals surface area contributed by atoms with Crippen molar-refractivity contribution in [3.63, 3.8) is 0 Å². The lowest BCUT2D eigenvalue weighted by Crippen LogP contribution is -2.14. The van der Waals surface area contributed by atoms with E-state index < -0.39 is 11.9 Å². The monoisotopic (exact) mass is 288 g/mol. The molecule has 0 saturated carbocycles. The van der Waals surface area contributed by atoms with Gasteiger partial charge in [-0.3, -0.25) is 0 Å². The van der Waals surface area contributed by atoms with E-state index in [4.69, 9.17) is 21.1 Å². The standard InChI is InChI=1S/C12H13ClO6/c1-16-11(14)6-18-8-3-4-9(13)10(5-8)19-7-12(15)17-2/h3-5H,6-7H2,1-2H3. The Morgan fingerprint density at radius 1 is 1.05 bits per heavy atom. The van der Waals surface area contributed by atoms with E-state index in [1.165, 1.54) is 26.4 Å². The van der Waals surface area contributed by atoms with Gasteiger partial charge < -0.3 is 18.9 Å². The van der Waals surface area contributed by atoms with Crippen LogP contribution in [0.3, 0.4) is 0 Å². The van der Waals surface area contributed by atoms with Crippen LogP contribution in [0.5, 0.6) is 11.5 Å². The number of halogens is 1. The first-order valence-corrected chi connectivity index (χ1v) is 5.63. The van der Waals surface area contributed by atoms with Crippen molar-refractivity contribution >= 4 is 23.5 Å². The van der Waals surface area contributed by atoms with Crippen molar-refractivity contribution < 1.29 is 28.5 Å². The molecule has 1 rings (SSSR count). The van der Waals surface area contributed by atoms with Gasteiger partial charge >= 0.3 is 11.9 Å². The van der Waals surface area contributed by atoms with Gasteiger partial charge in [-0.25, -0.2) is 9.59 Å². The molecule has 0 heterocycles. The Morgan fingerprint density at radius 2 is 1.63 bits per heavy atom. The summed E-state index contributed by atoms with van der Waals surface area (Å²) in [5, 5.41) is 0.314. The maximum absolute atomic E-state index is 11.0. The Kier molecular flexibility index (Phi) is 5.95. The lowest BCUT2D eigenvalue weighted by Gasteiger charge is -2.09. The molecule has 104 valence electrons. The molecule has 1 aromatic rings. The SMILES string of the molecule is COC(=O)COc1ccc(Cl)c(OCC(=O)OC)c1. The summed E-state index contributed by atoms with van der Waals surface area (Å²) in [6.45, 7) is -0.495. The highest BCUT2D eigenvalue weighted by atomic mass is 35.5. The molecule has 0 radical (unpaired) electrons. The van der Waals surface area contributed by atoms with Gasteiger partial charge in [-0.1, -0.05) is 11.6 Å². The fourth-order valence-electron chi connectivity index (χ4n) is 1.08. The lowest BCUT2D eigenvalue weighted by atomic mass is 10.3. The molecule has 0 spiro atoms. The molecule has 0 fully saturated rings. The summed E-state index contributed by atoms with van der Waals surface area (Å²) in [5.74, 6) is -0.409. The van der Waals surface area contributed by atoms with E-state index in [9.17, 15) is 9.59 Å². The van der Waals surface area contributed by atoms with Crippen LogP contribution in [-0.4, -0.2) is 39.4 Å². The van der Waals surface area contributed by atoms with Gasteiger partial charge in [0.2, 0.25) is 0 Å². The van der Waals surface area contributed by atoms with Crippen molar-refractivity contribution in [3.05, 3.63) is 23.2 Å². The quantitative estimate of drug-likeness (QED) is 0.738. The number of carbonyl (C=O) groups excluding carboxylic acids is 2. The van der Waals surface area contributed by atoms with Crippen molar-refractivity contribution in [1.29, 1.82) is 0 Å². The highest BCUT2D eigenvalue weighted by Crippen LogP contribution is 2.29. The van der Waals surface area contributed by atoms with E-state index in [1.54, 1.807) is 6.07 Å². The van der Waals surface area contributed by atoms with Crippen LogP contribution < -0.4 is 9.47 Å². The van der Waals surface area contributed by atoms with Crippen LogP contribution in [-0.2, 0) is 19.1 Å². The summed E-state index contributed by atoms with van der Waals surface area (Å²) in [6, 6.07) is 4.56. The Bertz CT molecular complexity index is 460. The smallest absolute Gasteiger partial charge is 0.343 e. The van der Waals surface area contributed by atoms with E-state index in [0.29, 0.717) is 10.8 Å². The van der Waals surface area contributed by atoms with E-state index in [0.717, 1.165) is 0 Å². The summed E-state index contributed by atoms with van der Waals surface area (Å²) >= 11 is 5.89. The number of carbonyl (C=O) groups is 2. The van der Waals surface area contributed by atoms with Gasteiger partial charge in [-0.2, -0.15) is 0 Å². The zero-order valence-electron chi connectivity index (χ0n) is 10.5. The molecule has 0 aromatic heterocycles. The van der Waals surface area contributed by atoms with Gasteiger partial charge in [0, 0.05) is 6.07 Å². The van der Waals surface area contributed by atoms with Crippen LogP contribution in [0.1, 0.15) is 0 Å². The Balaban J connectivity index is 2.65. The van der Waals surface area contributed by atoms with Crippen LogP contribution in [0.25, 0.3) is 0 Å². The molecule has 6 nitrogen and oxygen atoms in total. The summed E-state index contributed by atoms with van der Waals surface area (Å²) in [4.78, 5) is 21.9. The van der Waals surface area contributed by atoms with Crippen LogP contribution in [0.2, 0.25) is 5.02 Å². The normalized spacial score (nSPS) is 9.63. The number of rotatable bonds is 6. The molecule has 0 unspecified atom stereocenters. The predicted molar refractivity (Wildman–Crippen MR) is 66.5 cm³/mol. The zero-order chi connectivity index (χ0) is 14.3. The van der Waals surface area contributed by atoms with E-state index in [-0.39, 0.29) is 19.0 Å². The average molecular weight is 289 g/mol. The first-order chi connectivity index (χ1) is 9.06. The van der Waals surface area contributed by atoms with Gasteiger partial charge in [0.05, 0.1) is 19.2 Å². The molecule has 19 heavy (non-hydrogen) atoms. The third-order valence-electron chi connectivity index (χ3n) is 2.06. The number of ether oxygens (including phenoxy) is 4. The first kappa shape index (κ1) is 15.1. The average Bonchev–Trinajstić information content (AvgIpc) is 2.44. The third kappa shape index (κ3) is 5.05. The molecule has 0 amide bonds. The predicted octanol–water partition coefficient (Wildman–Crippen LogP) is 1.44. The van der Waals surface area contributed by atoms with Gasteiger partial charge in [0.1, 0.15) is 11.5 Å². The largest absolute Gasteiger partial charge is 0.482 e. The Hall–Kier alpha value is -1.95. The minimum absolute atomic E-state index is 0.228. The molecule has 0 bridgehead atoms. The molecular weight excluding hydrogens is 276 g/mol. The number of hydrogen-bond donors (Lipinski definition) is 0. The van der Waals surface area contributed by atoms with Gasteiger partial charge in [0.25, 0.3) is 0 Å². The van der Waals surface area contributed by atoms with E-state index in [2.05, 4.69) is 9.47 Å². The Labute approximate surface area is 115 Å². The lowest BCUT2D eigenvalue weighted by molar-refractivity contribution is -0.143. The van der Waals surface area contributed by atoms with E-state index in [1.807, 2.05) is 0 Å². The molecule has 0 atom stereocenters. The maximum atomic E-state index is 11.0. The van der Waals surface area contributed by atoms with Crippen molar-refractivity contribution in [2.24, 2.45) is 0 Å². The molecule has 0 aliphatic heterocycles. The van der Waals surface area contributed by atoms with Gasteiger partial charge in [0.15, 0.2) is 13.2 Å². The first-order valence-electron chi connectivity index (χ1n) is 5.25. The maximum Gasteiger partial charge on any atom is 0.343 e. The number of methoxy groups -OCH3 is 2. The highest BCUT2D eigenvalue weighted by molar-refractivity contribution is 6.32. The molecule has 0 saturated heterocycles.